The Hall–Kier alpha value is -0.870. The summed E-state index contributed by atoms with van der Waals surface area (Å²) in [6, 6.07) is 0.544. The molecule has 4 heteroatoms. The van der Waals surface area contributed by atoms with Gasteiger partial charge in [0, 0.05) is 24.7 Å². The van der Waals surface area contributed by atoms with E-state index in [4.69, 9.17) is 4.42 Å². The summed E-state index contributed by atoms with van der Waals surface area (Å²) in [5.74, 6) is 2.42. The van der Waals surface area contributed by atoms with Crippen molar-refractivity contribution in [2.24, 2.45) is 5.92 Å². The normalized spacial score (nSPS) is 28.2. The van der Waals surface area contributed by atoms with Crippen molar-refractivity contribution < 1.29 is 4.42 Å². The van der Waals surface area contributed by atoms with E-state index in [1.54, 1.807) is 0 Å². The lowest BCUT2D eigenvalue weighted by Gasteiger charge is -2.47. The molecule has 0 saturated carbocycles. The number of rotatable bonds is 4. The third-order valence-electron chi connectivity index (χ3n) is 4.72. The molecule has 1 N–H and O–H groups in total. The third kappa shape index (κ3) is 3.23. The summed E-state index contributed by atoms with van der Waals surface area (Å²) in [6.45, 7) is 16.0. The van der Waals surface area contributed by atoms with Crippen LogP contribution in [0.25, 0.3) is 0 Å². The molecule has 2 unspecified atom stereocenters. The van der Waals surface area contributed by atoms with Gasteiger partial charge in [-0.05, 0) is 33.1 Å². The summed E-state index contributed by atoms with van der Waals surface area (Å²) in [7, 11) is 0. The van der Waals surface area contributed by atoms with Gasteiger partial charge >= 0.3 is 0 Å². The highest BCUT2D eigenvalue weighted by Crippen LogP contribution is 2.24. The van der Waals surface area contributed by atoms with Gasteiger partial charge in [-0.2, -0.15) is 0 Å². The summed E-state index contributed by atoms with van der Waals surface area (Å²) < 4.78 is 5.77. The monoisotopic (exact) mass is 279 g/mol. The molecule has 1 aliphatic heterocycles. The fourth-order valence-corrected chi connectivity index (χ4v) is 2.95. The number of oxazole rings is 1. The predicted octanol–water partition coefficient (Wildman–Crippen LogP) is 2.89. The van der Waals surface area contributed by atoms with Crippen LogP contribution >= 0.6 is 0 Å². The van der Waals surface area contributed by atoms with E-state index in [9.17, 15) is 0 Å². The van der Waals surface area contributed by atoms with Gasteiger partial charge in [0.05, 0.1) is 12.2 Å². The number of nitrogens with one attached hydrogen (secondary N) is 1. The van der Waals surface area contributed by atoms with Crippen molar-refractivity contribution in [2.75, 3.05) is 13.1 Å². The summed E-state index contributed by atoms with van der Waals surface area (Å²) >= 11 is 0. The number of aryl methyl sites for hydroxylation is 2. The first-order valence-corrected chi connectivity index (χ1v) is 7.76. The van der Waals surface area contributed by atoms with Crippen LogP contribution in [0, 0.1) is 19.8 Å². The van der Waals surface area contributed by atoms with Gasteiger partial charge < -0.3 is 9.73 Å². The Morgan fingerprint density at radius 1 is 1.45 bits per heavy atom. The molecule has 1 aromatic rings. The first-order valence-electron chi connectivity index (χ1n) is 7.76. The van der Waals surface area contributed by atoms with Crippen LogP contribution in [0.5, 0.6) is 0 Å². The second-order valence-electron chi connectivity index (χ2n) is 6.76. The van der Waals surface area contributed by atoms with Crippen molar-refractivity contribution in [1.82, 2.24) is 15.2 Å². The third-order valence-corrected chi connectivity index (χ3v) is 4.72. The highest BCUT2D eigenvalue weighted by Gasteiger charge is 2.36. The quantitative estimate of drug-likeness (QED) is 0.920. The lowest BCUT2D eigenvalue weighted by Crippen LogP contribution is -2.63. The topological polar surface area (TPSA) is 41.3 Å². The minimum atomic E-state index is 0.197. The molecule has 114 valence electrons. The molecule has 1 saturated heterocycles. The first-order chi connectivity index (χ1) is 9.34. The summed E-state index contributed by atoms with van der Waals surface area (Å²) in [5.41, 5.74) is 1.21. The van der Waals surface area contributed by atoms with Gasteiger partial charge in [0.25, 0.3) is 0 Å². The summed E-state index contributed by atoms with van der Waals surface area (Å²) in [5, 5.41) is 3.72. The minimum Gasteiger partial charge on any atom is -0.444 e. The number of hydrogen-bond acceptors (Lipinski definition) is 4. The predicted molar refractivity (Wildman–Crippen MR) is 81.7 cm³/mol. The van der Waals surface area contributed by atoms with E-state index in [1.165, 1.54) is 0 Å². The Labute approximate surface area is 122 Å². The van der Waals surface area contributed by atoms with Crippen LogP contribution in [0.4, 0.5) is 0 Å². The van der Waals surface area contributed by atoms with Crippen LogP contribution in [0.15, 0.2) is 4.42 Å². The molecule has 1 fully saturated rings. The molecular weight excluding hydrogens is 250 g/mol. The molecule has 1 aliphatic rings. The van der Waals surface area contributed by atoms with Gasteiger partial charge in [0.1, 0.15) is 5.76 Å². The molecule has 2 heterocycles. The van der Waals surface area contributed by atoms with E-state index in [2.05, 4.69) is 42.9 Å². The summed E-state index contributed by atoms with van der Waals surface area (Å²) in [4.78, 5) is 7.08. The highest BCUT2D eigenvalue weighted by atomic mass is 16.4. The van der Waals surface area contributed by atoms with Crippen molar-refractivity contribution in [3.05, 3.63) is 17.3 Å². The fourth-order valence-electron chi connectivity index (χ4n) is 2.95. The Balaban J connectivity index is 2.15. The molecule has 20 heavy (non-hydrogen) atoms. The van der Waals surface area contributed by atoms with Crippen LogP contribution in [0.1, 0.15) is 51.5 Å². The van der Waals surface area contributed by atoms with Gasteiger partial charge in [-0.3, -0.25) is 4.90 Å². The molecule has 0 spiro atoms. The van der Waals surface area contributed by atoms with Crippen molar-refractivity contribution >= 4 is 0 Å². The maximum Gasteiger partial charge on any atom is 0.208 e. The standard InChI is InChI=1S/C16H29N3O/c1-7-16(6)10-19(14(8-17-16)11(2)3)9-15-18-12(4)13(5)20-15/h11,14,17H,7-10H2,1-6H3. The maximum atomic E-state index is 5.77. The van der Waals surface area contributed by atoms with Crippen LogP contribution < -0.4 is 5.32 Å². The van der Waals surface area contributed by atoms with Crippen LogP contribution in [0.2, 0.25) is 0 Å². The molecule has 0 aliphatic carbocycles. The van der Waals surface area contributed by atoms with Crippen molar-refractivity contribution in [3.63, 3.8) is 0 Å². The van der Waals surface area contributed by atoms with Crippen molar-refractivity contribution in [2.45, 2.75) is 66.1 Å². The smallest absolute Gasteiger partial charge is 0.208 e. The first kappa shape index (κ1) is 15.5. The van der Waals surface area contributed by atoms with Crippen LogP contribution in [-0.2, 0) is 6.54 Å². The van der Waals surface area contributed by atoms with E-state index in [0.717, 1.165) is 43.4 Å². The molecule has 0 amide bonds. The largest absolute Gasteiger partial charge is 0.444 e. The number of aromatic nitrogens is 1. The molecule has 1 aromatic heterocycles. The zero-order chi connectivity index (χ0) is 14.9. The molecule has 0 radical (unpaired) electrons. The number of hydrogen-bond donors (Lipinski definition) is 1. The SMILES string of the molecule is CCC1(C)CN(Cc2nc(C)c(C)o2)C(C(C)C)CN1. The molecule has 0 aromatic carbocycles. The Morgan fingerprint density at radius 2 is 2.15 bits per heavy atom. The van der Waals surface area contributed by atoms with Gasteiger partial charge in [-0.15, -0.1) is 0 Å². The van der Waals surface area contributed by atoms with E-state index in [1.807, 2.05) is 13.8 Å². The molecule has 2 atom stereocenters. The molecule has 2 rings (SSSR count). The fraction of sp³-hybridized carbons (Fsp3) is 0.812. The van der Waals surface area contributed by atoms with E-state index >= 15 is 0 Å². The number of nitrogens with zero attached hydrogens (tertiary/aromatic N) is 2. The average Bonchev–Trinajstić information content (AvgIpc) is 2.68. The Morgan fingerprint density at radius 3 is 2.65 bits per heavy atom. The zero-order valence-electron chi connectivity index (χ0n) is 13.8. The van der Waals surface area contributed by atoms with Crippen molar-refractivity contribution in [3.8, 4) is 0 Å². The lowest BCUT2D eigenvalue weighted by molar-refractivity contribution is 0.0471. The number of piperazine rings is 1. The molecule has 0 bridgehead atoms. The Bertz CT molecular complexity index is 435. The van der Waals surface area contributed by atoms with E-state index in [-0.39, 0.29) is 5.54 Å². The van der Waals surface area contributed by atoms with Crippen LogP contribution in [-0.4, -0.2) is 34.6 Å². The highest BCUT2D eigenvalue weighted by molar-refractivity contribution is 5.06. The zero-order valence-corrected chi connectivity index (χ0v) is 13.8. The van der Waals surface area contributed by atoms with E-state index in [0.29, 0.717) is 12.0 Å². The Kier molecular flexibility index (Phi) is 4.55. The average molecular weight is 279 g/mol. The van der Waals surface area contributed by atoms with Crippen LogP contribution in [0.3, 0.4) is 0 Å². The van der Waals surface area contributed by atoms with E-state index < -0.39 is 0 Å². The second-order valence-corrected chi connectivity index (χ2v) is 6.76. The maximum absolute atomic E-state index is 5.77. The van der Waals surface area contributed by atoms with Gasteiger partial charge in [0.2, 0.25) is 5.89 Å². The minimum absolute atomic E-state index is 0.197. The molecule has 4 nitrogen and oxygen atoms in total. The van der Waals surface area contributed by atoms with Gasteiger partial charge in [-0.1, -0.05) is 20.8 Å². The van der Waals surface area contributed by atoms with Gasteiger partial charge in [0.15, 0.2) is 0 Å². The molecular formula is C16H29N3O. The van der Waals surface area contributed by atoms with Crippen molar-refractivity contribution in [1.29, 1.82) is 0 Å². The lowest BCUT2D eigenvalue weighted by atomic mass is 9.90. The second kappa shape index (κ2) is 5.86. The van der Waals surface area contributed by atoms with Gasteiger partial charge in [-0.25, -0.2) is 4.98 Å². The summed E-state index contributed by atoms with van der Waals surface area (Å²) in [6.07, 6.45) is 1.14.